The maximum absolute atomic E-state index is 12.1. The Balaban J connectivity index is 1.48. The molecule has 2 amide bonds. The van der Waals surface area contributed by atoms with Crippen LogP contribution in [-0.2, 0) is 11.2 Å². The Morgan fingerprint density at radius 3 is 2.41 bits per heavy atom. The van der Waals surface area contributed by atoms with Gasteiger partial charge in [-0.3, -0.25) is 14.9 Å². The van der Waals surface area contributed by atoms with Gasteiger partial charge in [0.2, 0.25) is 11.0 Å². The van der Waals surface area contributed by atoms with Crippen molar-refractivity contribution in [2.24, 2.45) is 0 Å². The zero-order chi connectivity index (χ0) is 19.1. The second kappa shape index (κ2) is 9.29. The molecule has 0 aliphatic rings. The van der Waals surface area contributed by atoms with Gasteiger partial charge < -0.3 is 5.32 Å². The molecule has 0 radical (unpaired) electrons. The van der Waals surface area contributed by atoms with Crippen LogP contribution in [0.4, 0.5) is 10.8 Å². The van der Waals surface area contributed by atoms with E-state index in [1.807, 2.05) is 49.4 Å². The molecule has 0 saturated heterocycles. The lowest BCUT2D eigenvalue weighted by Crippen LogP contribution is -2.13. The van der Waals surface area contributed by atoms with Crippen molar-refractivity contribution >= 4 is 45.7 Å². The van der Waals surface area contributed by atoms with Gasteiger partial charge >= 0.3 is 0 Å². The van der Waals surface area contributed by atoms with E-state index >= 15 is 0 Å². The Morgan fingerprint density at radius 1 is 1.00 bits per heavy atom. The highest BCUT2D eigenvalue weighted by atomic mass is 32.2. The second-order valence-electron chi connectivity index (χ2n) is 5.54. The highest BCUT2D eigenvalue weighted by Gasteiger charge is 2.09. The molecule has 0 aliphatic carbocycles. The summed E-state index contributed by atoms with van der Waals surface area (Å²) >= 11 is 2.80. The third-order valence-electron chi connectivity index (χ3n) is 3.53. The number of amides is 2. The van der Waals surface area contributed by atoms with Crippen molar-refractivity contribution in [1.29, 1.82) is 0 Å². The summed E-state index contributed by atoms with van der Waals surface area (Å²) in [5, 5.41) is 14.9. The van der Waals surface area contributed by atoms with Crippen molar-refractivity contribution in [1.82, 2.24) is 10.2 Å². The highest BCUT2D eigenvalue weighted by molar-refractivity contribution is 8.00. The van der Waals surface area contributed by atoms with Gasteiger partial charge in [0.25, 0.3) is 5.91 Å². The molecule has 0 spiro atoms. The molecule has 0 atom stereocenters. The summed E-state index contributed by atoms with van der Waals surface area (Å²) in [6.45, 7) is 1.99. The molecule has 0 saturated carbocycles. The van der Waals surface area contributed by atoms with E-state index in [1.54, 1.807) is 12.1 Å². The Kier molecular flexibility index (Phi) is 6.56. The average Bonchev–Trinajstić information content (AvgIpc) is 3.15. The van der Waals surface area contributed by atoms with Gasteiger partial charge in [0.05, 0.1) is 5.75 Å². The molecule has 8 heteroatoms. The summed E-state index contributed by atoms with van der Waals surface area (Å²) in [7, 11) is 0. The van der Waals surface area contributed by atoms with Crippen LogP contribution in [0.1, 0.15) is 22.3 Å². The van der Waals surface area contributed by atoms with Crippen molar-refractivity contribution in [2.75, 3.05) is 16.4 Å². The van der Waals surface area contributed by atoms with Gasteiger partial charge in [0.15, 0.2) is 0 Å². The maximum atomic E-state index is 12.1. The molecular weight excluding hydrogens is 380 g/mol. The highest BCUT2D eigenvalue weighted by Crippen LogP contribution is 2.22. The second-order valence-corrected chi connectivity index (χ2v) is 7.65. The number of aryl methyl sites for hydroxylation is 1. The van der Waals surface area contributed by atoms with Gasteiger partial charge in [-0.2, -0.15) is 0 Å². The summed E-state index contributed by atoms with van der Waals surface area (Å²) in [4.78, 5) is 25.1. The largest absolute Gasteiger partial charge is 0.322 e. The molecule has 1 heterocycles. The van der Waals surface area contributed by atoms with E-state index < -0.39 is 0 Å². The summed E-state index contributed by atoms with van der Waals surface area (Å²) in [6, 6.07) is 16.4. The van der Waals surface area contributed by atoms with Crippen LogP contribution >= 0.6 is 23.1 Å². The fourth-order valence-electron chi connectivity index (χ4n) is 2.18. The lowest BCUT2D eigenvalue weighted by Gasteiger charge is -2.06. The fraction of sp³-hybridized carbons (Fsp3) is 0.158. The molecule has 0 aliphatic heterocycles. The lowest BCUT2D eigenvalue weighted by molar-refractivity contribution is -0.113. The van der Waals surface area contributed by atoms with E-state index in [2.05, 4.69) is 20.8 Å². The predicted molar refractivity (Wildman–Crippen MR) is 109 cm³/mol. The van der Waals surface area contributed by atoms with E-state index in [4.69, 9.17) is 0 Å². The van der Waals surface area contributed by atoms with Crippen LogP contribution < -0.4 is 10.6 Å². The molecule has 1 aromatic heterocycles. The number of carbonyl (C=O) groups excluding carboxylic acids is 2. The van der Waals surface area contributed by atoms with Crippen LogP contribution in [-0.4, -0.2) is 27.8 Å². The van der Waals surface area contributed by atoms with Crippen molar-refractivity contribution < 1.29 is 9.59 Å². The molecule has 6 nitrogen and oxygen atoms in total. The van der Waals surface area contributed by atoms with Gasteiger partial charge in [0.1, 0.15) is 5.01 Å². The predicted octanol–water partition coefficient (Wildman–Crippen LogP) is 4.08. The van der Waals surface area contributed by atoms with Gasteiger partial charge in [-0.05, 0) is 42.8 Å². The molecule has 27 heavy (non-hydrogen) atoms. The van der Waals surface area contributed by atoms with E-state index in [0.717, 1.165) is 16.3 Å². The van der Waals surface area contributed by atoms with E-state index in [1.165, 1.54) is 23.1 Å². The number of rotatable bonds is 7. The number of hydrogen-bond acceptors (Lipinski definition) is 6. The first kappa shape index (κ1) is 19.1. The minimum atomic E-state index is -0.154. The number of benzene rings is 2. The molecule has 2 aromatic carbocycles. The standard InChI is InChI=1S/C19H18N4O2S2/c1-2-17-22-23-19(27-17)21-16(24)12-26-15-10-8-14(9-11-15)20-18(25)13-6-4-3-5-7-13/h3-11H,2,12H2,1H3,(H,20,25)(H,21,23,24). The van der Waals surface area contributed by atoms with Crippen LogP contribution in [0.5, 0.6) is 0 Å². The maximum Gasteiger partial charge on any atom is 0.255 e. The molecule has 3 aromatic rings. The zero-order valence-electron chi connectivity index (χ0n) is 14.6. The molecule has 3 rings (SSSR count). The lowest BCUT2D eigenvalue weighted by atomic mass is 10.2. The number of anilines is 2. The molecular formula is C19H18N4O2S2. The summed E-state index contributed by atoms with van der Waals surface area (Å²) < 4.78 is 0. The number of thioether (sulfide) groups is 1. The van der Waals surface area contributed by atoms with Crippen molar-refractivity contribution in [3.63, 3.8) is 0 Å². The minimum Gasteiger partial charge on any atom is -0.322 e. The van der Waals surface area contributed by atoms with Crippen LogP contribution in [0.3, 0.4) is 0 Å². The van der Waals surface area contributed by atoms with Crippen LogP contribution in [0.25, 0.3) is 0 Å². The van der Waals surface area contributed by atoms with Crippen LogP contribution in [0, 0.1) is 0 Å². The van der Waals surface area contributed by atoms with E-state index in [9.17, 15) is 9.59 Å². The Hall–Kier alpha value is -2.71. The van der Waals surface area contributed by atoms with Crippen LogP contribution in [0.2, 0.25) is 0 Å². The van der Waals surface area contributed by atoms with Gasteiger partial charge in [-0.15, -0.1) is 22.0 Å². The number of carbonyl (C=O) groups is 2. The minimum absolute atomic E-state index is 0.125. The summed E-state index contributed by atoms with van der Waals surface area (Å²) in [6.07, 6.45) is 0.801. The normalized spacial score (nSPS) is 10.4. The SMILES string of the molecule is CCc1nnc(NC(=O)CSc2ccc(NC(=O)c3ccccc3)cc2)s1. The fourth-order valence-corrected chi connectivity index (χ4v) is 3.57. The monoisotopic (exact) mass is 398 g/mol. The third kappa shape index (κ3) is 5.63. The Bertz CT molecular complexity index is 911. The van der Waals surface area contributed by atoms with Crippen molar-refractivity contribution in [3.8, 4) is 0 Å². The smallest absolute Gasteiger partial charge is 0.255 e. The zero-order valence-corrected chi connectivity index (χ0v) is 16.3. The average molecular weight is 399 g/mol. The van der Waals surface area contributed by atoms with Crippen molar-refractivity contribution in [2.45, 2.75) is 18.2 Å². The van der Waals surface area contributed by atoms with Gasteiger partial charge in [0, 0.05) is 16.1 Å². The number of aromatic nitrogens is 2. The first-order chi connectivity index (χ1) is 13.1. The topological polar surface area (TPSA) is 84.0 Å². The number of nitrogens with one attached hydrogen (secondary N) is 2. The first-order valence-corrected chi connectivity index (χ1v) is 10.2. The number of nitrogens with zero attached hydrogens (tertiary/aromatic N) is 2. The van der Waals surface area contributed by atoms with Gasteiger partial charge in [-0.1, -0.05) is 36.5 Å². The van der Waals surface area contributed by atoms with Crippen LogP contribution in [0.15, 0.2) is 59.5 Å². The molecule has 0 bridgehead atoms. The molecule has 138 valence electrons. The quantitative estimate of drug-likeness (QED) is 0.586. The molecule has 0 fully saturated rings. The first-order valence-electron chi connectivity index (χ1n) is 8.35. The third-order valence-corrected chi connectivity index (χ3v) is 5.53. The number of hydrogen-bond donors (Lipinski definition) is 2. The Labute approximate surface area is 165 Å². The Morgan fingerprint density at radius 2 is 1.74 bits per heavy atom. The van der Waals surface area contributed by atoms with Gasteiger partial charge in [-0.25, -0.2) is 0 Å². The molecule has 2 N–H and O–H groups in total. The van der Waals surface area contributed by atoms with Crippen molar-refractivity contribution in [3.05, 3.63) is 65.2 Å². The van der Waals surface area contributed by atoms with E-state index in [0.29, 0.717) is 16.4 Å². The van der Waals surface area contributed by atoms with E-state index in [-0.39, 0.29) is 17.6 Å². The molecule has 0 unspecified atom stereocenters. The summed E-state index contributed by atoms with van der Waals surface area (Å²) in [5.74, 6) is -0.00400. The summed E-state index contributed by atoms with van der Waals surface area (Å²) in [5.41, 5.74) is 1.31.